The minimum atomic E-state index is 0.303. The molecule has 0 N–H and O–H groups in total. The van der Waals surface area contributed by atoms with Crippen LogP contribution < -0.4 is 4.90 Å². The number of carbonyl (C=O) groups excluding carboxylic acids is 1. The Kier molecular flexibility index (Phi) is 6.01. The standard InChI is InChI=1S/C18H29N5O/c1-2-23(16-6-4-3-5-7-16)18(24)15-21-10-12-22(13-11-21)17-14-19-8-9-20-17/h8-9,14,16H,2-7,10-13,15H2,1H3. The molecule has 0 unspecified atom stereocenters. The second-order valence-electron chi connectivity index (χ2n) is 6.80. The van der Waals surface area contributed by atoms with Crippen molar-refractivity contribution in [2.75, 3.05) is 44.2 Å². The van der Waals surface area contributed by atoms with Crippen molar-refractivity contribution in [3.63, 3.8) is 0 Å². The lowest BCUT2D eigenvalue weighted by Crippen LogP contribution is -2.52. The van der Waals surface area contributed by atoms with Crippen molar-refractivity contribution in [2.24, 2.45) is 0 Å². The first-order chi connectivity index (χ1) is 11.8. The van der Waals surface area contributed by atoms with E-state index in [4.69, 9.17) is 0 Å². The summed E-state index contributed by atoms with van der Waals surface area (Å²) in [6.07, 6.45) is 11.5. The first-order valence-corrected chi connectivity index (χ1v) is 9.30. The Hall–Kier alpha value is -1.69. The highest BCUT2D eigenvalue weighted by molar-refractivity contribution is 5.78. The molecule has 1 aliphatic heterocycles. The third-order valence-electron chi connectivity index (χ3n) is 5.28. The summed E-state index contributed by atoms with van der Waals surface area (Å²) in [6, 6.07) is 0.470. The van der Waals surface area contributed by atoms with Crippen LogP contribution in [0.25, 0.3) is 0 Å². The number of nitrogens with zero attached hydrogens (tertiary/aromatic N) is 5. The molecule has 1 saturated carbocycles. The van der Waals surface area contributed by atoms with Gasteiger partial charge in [-0.1, -0.05) is 19.3 Å². The van der Waals surface area contributed by atoms with Crippen LogP contribution in [-0.4, -0.2) is 71.0 Å². The topological polar surface area (TPSA) is 52.6 Å². The molecule has 1 saturated heterocycles. The van der Waals surface area contributed by atoms with Gasteiger partial charge in [0.25, 0.3) is 0 Å². The van der Waals surface area contributed by atoms with Crippen LogP contribution in [0.5, 0.6) is 0 Å². The largest absolute Gasteiger partial charge is 0.353 e. The fourth-order valence-electron chi connectivity index (χ4n) is 3.90. The molecule has 0 radical (unpaired) electrons. The van der Waals surface area contributed by atoms with Crippen molar-refractivity contribution in [2.45, 2.75) is 45.1 Å². The maximum absolute atomic E-state index is 12.7. The summed E-state index contributed by atoms with van der Waals surface area (Å²) in [6.45, 7) is 7.12. The van der Waals surface area contributed by atoms with Crippen molar-refractivity contribution in [3.8, 4) is 0 Å². The molecular formula is C18H29N5O. The van der Waals surface area contributed by atoms with E-state index >= 15 is 0 Å². The van der Waals surface area contributed by atoms with Crippen molar-refractivity contribution >= 4 is 11.7 Å². The number of aromatic nitrogens is 2. The molecule has 2 aliphatic rings. The van der Waals surface area contributed by atoms with Gasteiger partial charge in [0, 0.05) is 51.2 Å². The zero-order chi connectivity index (χ0) is 16.8. The number of hydrogen-bond acceptors (Lipinski definition) is 5. The lowest BCUT2D eigenvalue weighted by Gasteiger charge is -2.38. The maximum Gasteiger partial charge on any atom is 0.236 e. The van der Waals surface area contributed by atoms with Crippen molar-refractivity contribution in [3.05, 3.63) is 18.6 Å². The first-order valence-electron chi connectivity index (χ1n) is 9.30. The molecule has 1 aliphatic carbocycles. The molecule has 0 atom stereocenters. The number of amides is 1. The average Bonchev–Trinajstić information content (AvgIpc) is 2.64. The van der Waals surface area contributed by atoms with Gasteiger partial charge in [-0.15, -0.1) is 0 Å². The number of hydrogen-bond donors (Lipinski definition) is 0. The average molecular weight is 331 g/mol. The monoisotopic (exact) mass is 331 g/mol. The van der Waals surface area contributed by atoms with Crippen molar-refractivity contribution in [1.82, 2.24) is 19.8 Å². The van der Waals surface area contributed by atoms with Crippen LogP contribution in [0.3, 0.4) is 0 Å². The van der Waals surface area contributed by atoms with Gasteiger partial charge in [0.15, 0.2) is 0 Å². The summed E-state index contributed by atoms with van der Waals surface area (Å²) >= 11 is 0. The second kappa shape index (κ2) is 8.42. The Morgan fingerprint density at radius 2 is 1.92 bits per heavy atom. The van der Waals surface area contributed by atoms with Crippen molar-refractivity contribution in [1.29, 1.82) is 0 Å². The summed E-state index contributed by atoms with van der Waals surface area (Å²) in [5, 5.41) is 0. The molecule has 132 valence electrons. The second-order valence-corrected chi connectivity index (χ2v) is 6.80. The summed E-state index contributed by atoms with van der Waals surface area (Å²) in [5.74, 6) is 1.23. The molecular weight excluding hydrogens is 302 g/mol. The SMILES string of the molecule is CCN(C(=O)CN1CCN(c2cnccn2)CC1)C1CCCCC1. The Labute approximate surface area is 144 Å². The van der Waals surface area contributed by atoms with Gasteiger partial charge in [0.1, 0.15) is 5.82 Å². The molecule has 6 nitrogen and oxygen atoms in total. The van der Waals surface area contributed by atoms with E-state index in [1.165, 1.54) is 32.1 Å². The number of likely N-dealkylation sites (N-methyl/N-ethyl adjacent to an activating group) is 1. The number of piperazine rings is 1. The van der Waals surface area contributed by atoms with Crippen LogP contribution in [-0.2, 0) is 4.79 Å². The van der Waals surface area contributed by atoms with Gasteiger partial charge in [-0.3, -0.25) is 14.7 Å². The molecule has 0 aromatic carbocycles. The van der Waals surface area contributed by atoms with Gasteiger partial charge in [0.2, 0.25) is 5.91 Å². The molecule has 2 fully saturated rings. The highest BCUT2D eigenvalue weighted by atomic mass is 16.2. The molecule has 3 rings (SSSR count). The minimum absolute atomic E-state index is 0.303. The van der Waals surface area contributed by atoms with Gasteiger partial charge in [-0.05, 0) is 19.8 Å². The zero-order valence-electron chi connectivity index (χ0n) is 14.7. The summed E-state index contributed by atoms with van der Waals surface area (Å²) in [7, 11) is 0. The molecule has 1 aromatic rings. The Morgan fingerprint density at radius 1 is 1.17 bits per heavy atom. The van der Waals surface area contributed by atoms with Crippen molar-refractivity contribution < 1.29 is 4.79 Å². The normalized spacial score (nSPS) is 20.1. The third-order valence-corrected chi connectivity index (χ3v) is 5.28. The van der Waals surface area contributed by atoms with Gasteiger partial charge >= 0.3 is 0 Å². The molecule has 24 heavy (non-hydrogen) atoms. The first kappa shape index (κ1) is 17.1. The smallest absolute Gasteiger partial charge is 0.236 e. The molecule has 0 bridgehead atoms. The number of carbonyl (C=O) groups is 1. The van der Waals surface area contributed by atoms with E-state index in [1.807, 2.05) is 6.20 Å². The zero-order valence-corrected chi connectivity index (χ0v) is 14.7. The molecule has 0 spiro atoms. The van der Waals surface area contributed by atoms with E-state index < -0.39 is 0 Å². The predicted octanol–water partition coefficient (Wildman–Crippen LogP) is 1.78. The van der Waals surface area contributed by atoms with Gasteiger partial charge in [-0.25, -0.2) is 4.98 Å². The van der Waals surface area contributed by atoms with Crippen LogP contribution in [0.4, 0.5) is 5.82 Å². The van der Waals surface area contributed by atoms with E-state index in [0.29, 0.717) is 18.5 Å². The van der Waals surface area contributed by atoms with E-state index in [9.17, 15) is 4.79 Å². The lowest BCUT2D eigenvalue weighted by atomic mass is 9.94. The number of anilines is 1. The van der Waals surface area contributed by atoms with E-state index in [1.54, 1.807) is 12.4 Å². The highest BCUT2D eigenvalue weighted by Crippen LogP contribution is 2.22. The van der Waals surface area contributed by atoms with Crippen LogP contribution >= 0.6 is 0 Å². The predicted molar refractivity (Wildman–Crippen MR) is 94.9 cm³/mol. The van der Waals surface area contributed by atoms with E-state index in [0.717, 1.165) is 38.5 Å². The van der Waals surface area contributed by atoms with Crippen LogP contribution in [0.15, 0.2) is 18.6 Å². The third kappa shape index (κ3) is 4.23. The Morgan fingerprint density at radius 3 is 2.54 bits per heavy atom. The summed E-state index contributed by atoms with van der Waals surface area (Å²) < 4.78 is 0. The molecule has 1 aromatic heterocycles. The molecule has 1 amide bonds. The minimum Gasteiger partial charge on any atom is -0.353 e. The van der Waals surface area contributed by atoms with Crippen LogP contribution in [0.2, 0.25) is 0 Å². The fraction of sp³-hybridized carbons (Fsp3) is 0.722. The van der Waals surface area contributed by atoms with Gasteiger partial charge < -0.3 is 9.80 Å². The van der Waals surface area contributed by atoms with Crippen LogP contribution in [0, 0.1) is 0 Å². The van der Waals surface area contributed by atoms with Crippen LogP contribution in [0.1, 0.15) is 39.0 Å². The molecule has 2 heterocycles. The van der Waals surface area contributed by atoms with Gasteiger partial charge in [0.05, 0.1) is 12.7 Å². The quantitative estimate of drug-likeness (QED) is 0.823. The lowest BCUT2D eigenvalue weighted by molar-refractivity contribution is -0.135. The highest BCUT2D eigenvalue weighted by Gasteiger charge is 2.26. The number of rotatable bonds is 5. The fourth-order valence-corrected chi connectivity index (χ4v) is 3.90. The maximum atomic E-state index is 12.7. The van der Waals surface area contributed by atoms with E-state index in [2.05, 4.69) is 31.6 Å². The molecule has 6 heteroatoms. The summed E-state index contributed by atoms with van der Waals surface area (Å²) in [4.78, 5) is 27.9. The Bertz CT molecular complexity index is 509. The Balaban J connectivity index is 1.48. The van der Waals surface area contributed by atoms with E-state index in [-0.39, 0.29) is 0 Å². The van der Waals surface area contributed by atoms with Gasteiger partial charge in [-0.2, -0.15) is 0 Å². The summed E-state index contributed by atoms with van der Waals surface area (Å²) in [5.41, 5.74) is 0.